The van der Waals surface area contributed by atoms with Crippen LogP contribution in [0.5, 0.6) is 0 Å². The molecule has 1 amide bonds. The van der Waals surface area contributed by atoms with Crippen molar-refractivity contribution >= 4 is 18.3 Å². The van der Waals surface area contributed by atoms with E-state index < -0.39 is 0 Å². The Bertz CT molecular complexity index is 415. The molecule has 4 heteroatoms. The van der Waals surface area contributed by atoms with E-state index in [1.54, 1.807) is 4.90 Å². The van der Waals surface area contributed by atoms with E-state index in [1.165, 1.54) is 11.1 Å². The summed E-state index contributed by atoms with van der Waals surface area (Å²) in [5.74, 6) is 0.183. The summed E-state index contributed by atoms with van der Waals surface area (Å²) >= 11 is 0. The standard InChI is InChI=1S/C16H26N2O.ClH/c1-13-5-7-14(8-6-13)9-10-15(19)18(4)12-16(2,3)11-17;/h5-8H,9-12,17H2,1-4H3;1H. The first-order chi connectivity index (χ1) is 8.84. The van der Waals surface area contributed by atoms with E-state index in [1.807, 2.05) is 7.05 Å². The van der Waals surface area contributed by atoms with Crippen LogP contribution < -0.4 is 5.73 Å². The lowest BCUT2D eigenvalue weighted by molar-refractivity contribution is -0.131. The molecule has 1 aromatic carbocycles. The summed E-state index contributed by atoms with van der Waals surface area (Å²) in [7, 11) is 1.86. The van der Waals surface area contributed by atoms with Gasteiger partial charge in [0.15, 0.2) is 0 Å². The van der Waals surface area contributed by atoms with Crippen molar-refractivity contribution < 1.29 is 4.79 Å². The van der Waals surface area contributed by atoms with Gasteiger partial charge in [0.25, 0.3) is 0 Å². The number of carbonyl (C=O) groups is 1. The Kier molecular flexibility index (Phi) is 7.84. The minimum Gasteiger partial charge on any atom is -0.345 e. The third kappa shape index (κ3) is 6.40. The topological polar surface area (TPSA) is 46.3 Å². The molecule has 0 aliphatic heterocycles. The predicted octanol–water partition coefficient (Wildman–Crippen LogP) is 2.79. The Labute approximate surface area is 128 Å². The fourth-order valence-electron chi connectivity index (χ4n) is 1.99. The number of aryl methyl sites for hydroxylation is 2. The highest BCUT2D eigenvalue weighted by molar-refractivity contribution is 5.85. The van der Waals surface area contributed by atoms with Crippen molar-refractivity contribution in [1.29, 1.82) is 0 Å². The summed E-state index contributed by atoms with van der Waals surface area (Å²) in [4.78, 5) is 13.9. The van der Waals surface area contributed by atoms with E-state index in [9.17, 15) is 4.79 Å². The maximum absolute atomic E-state index is 12.1. The minimum absolute atomic E-state index is 0. The van der Waals surface area contributed by atoms with Gasteiger partial charge in [-0.2, -0.15) is 0 Å². The fourth-order valence-corrected chi connectivity index (χ4v) is 1.99. The van der Waals surface area contributed by atoms with Gasteiger partial charge in [-0.3, -0.25) is 4.79 Å². The van der Waals surface area contributed by atoms with Crippen molar-refractivity contribution in [2.45, 2.75) is 33.6 Å². The molecule has 0 spiro atoms. The molecule has 0 aliphatic rings. The highest BCUT2D eigenvalue weighted by Gasteiger charge is 2.20. The van der Waals surface area contributed by atoms with Crippen LogP contribution in [0.3, 0.4) is 0 Å². The molecule has 0 fully saturated rings. The molecule has 2 N–H and O–H groups in total. The van der Waals surface area contributed by atoms with Gasteiger partial charge in [0.2, 0.25) is 5.91 Å². The van der Waals surface area contributed by atoms with Gasteiger partial charge >= 0.3 is 0 Å². The lowest BCUT2D eigenvalue weighted by Gasteiger charge is -2.29. The summed E-state index contributed by atoms with van der Waals surface area (Å²) in [6.45, 7) is 7.52. The molecule has 3 nitrogen and oxygen atoms in total. The first-order valence-electron chi connectivity index (χ1n) is 6.84. The van der Waals surface area contributed by atoms with E-state index >= 15 is 0 Å². The third-order valence-electron chi connectivity index (χ3n) is 3.39. The van der Waals surface area contributed by atoms with Crippen LogP contribution in [0.15, 0.2) is 24.3 Å². The van der Waals surface area contributed by atoms with Crippen LogP contribution in [0.25, 0.3) is 0 Å². The van der Waals surface area contributed by atoms with E-state index in [2.05, 4.69) is 45.0 Å². The summed E-state index contributed by atoms with van der Waals surface area (Å²) in [6, 6.07) is 8.35. The average Bonchev–Trinajstić information content (AvgIpc) is 2.37. The van der Waals surface area contributed by atoms with Crippen molar-refractivity contribution in [1.82, 2.24) is 4.90 Å². The monoisotopic (exact) mass is 298 g/mol. The van der Waals surface area contributed by atoms with Crippen LogP contribution in [-0.4, -0.2) is 30.9 Å². The van der Waals surface area contributed by atoms with Crippen LogP contribution in [0.2, 0.25) is 0 Å². The molecule has 1 aromatic rings. The molecule has 0 radical (unpaired) electrons. The lowest BCUT2D eigenvalue weighted by atomic mass is 9.93. The maximum atomic E-state index is 12.1. The molecular weight excluding hydrogens is 272 g/mol. The Morgan fingerprint density at radius 2 is 1.80 bits per heavy atom. The molecule has 114 valence electrons. The Morgan fingerprint density at radius 1 is 1.25 bits per heavy atom. The summed E-state index contributed by atoms with van der Waals surface area (Å²) in [5, 5.41) is 0. The van der Waals surface area contributed by atoms with Crippen molar-refractivity contribution in [2.24, 2.45) is 11.1 Å². The first-order valence-corrected chi connectivity index (χ1v) is 6.84. The van der Waals surface area contributed by atoms with E-state index in [-0.39, 0.29) is 23.7 Å². The molecule has 0 aromatic heterocycles. The first kappa shape index (κ1) is 18.9. The molecule has 0 atom stereocenters. The van der Waals surface area contributed by atoms with Gasteiger partial charge in [-0.15, -0.1) is 12.4 Å². The smallest absolute Gasteiger partial charge is 0.222 e. The Balaban J connectivity index is 0.00000361. The van der Waals surface area contributed by atoms with Gasteiger partial charge < -0.3 is 10.6 Å². The summed E-state index contributed by atoms with van der Waals surface area (Å²) in [6.07, 6.45) is 1.35. The molecule has 0 saturated heterocycles. The van der Waals surface area contributed by atoms with Crippen LogP contribution in [0.4, 0.5) is 0 Å². The van der Waals surface area contributed by atoms with Crippen molar-refractivity contribution in [3.05, 3.63) is 35.4 Å². The maximum Gasteiger partial charge on any atom is 0.222 e. The number of rotatable bonds is 6. The van der Waals surface area contributed by atoms with E-state index in [0.29, 0.717) is 19.5 Å². The highest BCUT2D eigenvalue weighted by Crippen LogP contribution is 2.15. The Hall–Kier alpha value is -1.06. The second-order valence-electron chi connectivity index (χ2n) is 6.10. The zero-order chi connectivity index (χ0) is 14.5. The zero-order valence-electron chi connectivity index (χ0n) is 13.0. The molecule has 1 rings (SSSR count). The average molecular weight is 299 g/mol. The quantitative estimate of drug-likeness (QED) is 0.878. The predicted molar refractivity (Wildman–Crippen MR) is 87.2 cm³/mol. The number of nitrogens with two attached hydrogens (primary N) is 1. The number of carbonyl (C=O) groups excluding carboxylic acids is 1. The SMILES string of the molecule is Cc1ccc(CCC(=O)N(C)CC(C)(C)CN)cc1.Cl. The second-order valence-corrected chi connectivity index (χ2v) is 6.10. The van der Waals surface area contributed by atoms with Gasteiger partial charge in [-0.05, 0) is 30.9 Å². The second kappa shape index (κ2) is 8.28. The summed E-state index contributed by atoms with van der Waals surface area (Å²) < 4.78 is 0. The van der Waals surface area contributed by atoms with Gasteiger partial charge in [0.05, 0.1) is 0 Å². The molecule has 0 unspecified atom stereocenters. The van der Waals surface area contributed by atoms with Crippen LogP contribution in [-0.2, 0) is 11.2 Å². The zero-order valence-corrected chi connectivity index (χ0v) is 13.8. The molecule has 0 saturated carbocycles. The molecular formula is C16H27ClN2O. The number of benzene rings is 1. The normalized spacial score (nSPS) is 10.8. The van der Waals surface area contributed by atoms with Gasteiger partial charge in [0.1, 0.15) is 0 Å². The Morgan fingerprint density at radius 3 is 2.30 bits per heavy atom. The third-order valence-corrected chi connectivity index (χ3v) is 3.39. The van der Waals surface area contributed by atoms with Crippen molar-refractivity contribution in [3.63, 3.8) is 0 Å². The molecule has 0 bridgehead atoms. The number of amides is 1. The van der Waals surface area contributed by atoms with Gasteiger partial charge in [-0.25, -0.2) is 0 Å². The van der Waals surface area contributed by atoms with E-state index in [0.717, 1.165) is 6.42 Å². The summed E-state index contributed by atoms with van der Waals surface area (Å²) in [5.41, 5.74) is 8.14. The number of nitrogens with zero attached hydrogens (tertiary/aromatic N) is 1. The number of halogens is 1. The fraction of sp³-hybridized carbons (Fsp3) is 0.562. The van der Waals surface area contributed by atoms with Crippen LogP contribution in [0.1, 0.15) is 31.4 Å². The van der Waals surface area contributed by atoms with Gasteiger partial charge in [-0.1, -0.05) is 43.7 Å². The lowest BCUT2D eigenvalue weighted by Crippen LogP contribution is -2.39. The molecule has 20 heavy (non-hydrogen) atoms. The number of hydrogen-bond acceptors (Lipinski definition) is 2. The van der Waals surface area contributed by atoms with Crippen LogP contribution >= 0.6 is 12.4 Å². The van der Waals surface area contributed by atoms with Crippen LogP contribution in [0, 0.1) is 12.3 Å². The van der Waals surface area contributed by atoms with Gasteiger partial charge in [0, 0.05) is 20.0 Å². The molecule has 0 aliphatic carbocycles. The highest BCUT2D eigenvalue weighted by atomic mass is 35.5. The minimum atomic E-state index is -0.0196. The number of hydrogen-bond donors (Lipinski definition) is 1. The molecule has 0 heterocycles. The van der Waals surface area contributed by atoms with E-state index in [4.69, 9.17) is 5.73 Å². The van der Waals surface area contributed by atoms with Crippen molar-refractivity contribution in [3.8, 4) is 0 Å². The largest absolute Gasteiger partial charge is 0.345 e. The van der Waals surface area contributed by atoms with Crippen molar-refractivity contribution in [2.75, 3.05) is 20.1 Å².